The van der Waals surface area contributed by atoms with Gasteiger partial charge in [-0.1, -0.05) is 148 Å². The molecule has 0 aliphatic heterocycles. The fraction of sp³-hybridized carbons (Fsp3) is 0.649. The predicted octanol–water partition coefficient (Wildman–Crippen LogP) is 11.2. The lowest BCUT2D eigenvalue weighted by atomic mass is 10.0. The number of para-hydroxylation sites is 1. The maximum absolute atomic E-state index is 12.9. The van der Waals surface area contributed by atoms with E-state index < -0.39 is 5.97 Å². The molecule has 0 saturated heterocycles. The van der Waals surface area contributed by atoms with Crippen molar-refractivity contribution in [1.29, 1.82) is 0 Å². The first kappa shape index (κ1) is 34.7. The summed E-state index contributed by atoms with van der Waals surface area (Å²) in [5.74, 6) is -0.557. The lowest BCUT2D eigenvalue weighted by Gasteiger charge is -2.12. The standard InChI is InChI=1S/C37H58O4/c1-3-5-7-9-11-13-15-17-19-21-24-31-28-29-34(38)33(30-31)37(40)41-35-27-23-26-32(36(35)39)25-22-20-18-16-14-12-10-8-6-4-2/h23,26-30,38-39H,3-22,24-25H2,1-2H3. The van der Waals surface area contributed by atoms with E-state index in [0.717, 1.165) is 43.2 Å². The molecule has 0 heterocycles. The van der Waals surface area contributed by atoms with Gasteiger partial charge in [-0.05, 0) is 55.0 Å². The van der Waals surface area contributed by atoms with Gasteiger partial charge < -0.3 is 14.9 Å². The minimum absolute atomic E-state index is 0.0257. The molecule has 0 aliphatic carbocycles. The Morgan fingerprint density at radius 1 is 0.610 bits per heavy atom. The molecule has 0 fully saturated rings. The highest BCUT2D eigenvalue weighted by molar-refractivity contribution is 5.94. The van der Waals surface area contributed by atoms with Crippen LogP contribution in [0, 0.1) is 0 Å². The van der Waals surface area contributed by atoms with E-state index >= 15 is 0 Å². The van der Waals surface area contributed by atoms with E-state index in [1.165, 1.54) is 109 Å². The highest BCUT2D eigenvalue weighted by Gasteiger charge is 2.17. The van der Waals surface area contributed by atoms with Crippen LogP contribution in [-0.2, 0) is 12.8 Å². The van der Waals surface area contributed by atoms with E-state index in [1.54, 1.807) is 18.2 Å². The molecule has 2 rings (SSSR count). The SMILES string of the molecule is CCCCCCCCCCCCc1ccc(O)c(C(=O)Oc2cccc(CCCCCCCCCCCC)c2O)c1. The molecule has 0 aromatic heterocycles. The Kier molecular flexibility index (Phi) is 18.8. The highest BCUT2D eigenvalue weighted by atomic mass is 16.5. The van der Waals surface area contributed by atoms with Crippen LogP contribution in [0.4, 0.5) is 0 Å². The minimum atomic E-state index is -0.640. The van der Waals surface area contributed by atoms with Crippen molar-refractivity contribution in [2.45, 2.75) is 155 Å². The van der Waals surface area contributed by atoms with E-state index in [4.69, 9.17) is 4.74 Å². The molecule has 0 amide bonds. The second kappa shape index (κ2) is 22.2. The zero-order valence-corrected chi connectivity index (χ0v) is 26.2. The van der Waals surface area contributed by atoms with Gasteiger partial charge in [0.2, 0.25) is 0 Å². The molecule has 0 unspecified atom stereocenters. The number of benzene rings is 2. The second-order valence-corrected chi connectivity index (χ2v) is 11.9. The molecule has 2 aromatic rings. The molecule has 4 nitrogen and oxygen atoms in total. The normalized spacial score (nSPS) is 11.2. The number of carbonyl (C=O) groups excluding carboxylic acids is 1. The van der Waals surface area contributed by atoms with Gasteiger partial charge in [0.25, 0.3) is 0 Å². The Morgan fingerprint density at radius 2 is 1.10 bits per heavy atom. The molecule has 4 heteroatoms. The van der Waals surface area contributed by atoms with Crippen LogP contribution in [0.2, 0.25) is 0 Å². The average Bonchev–Trinajstić information content (AvgIpc) is 2.97. The molecule has 0 radical (unpaired) electrons. The number of aromatic hydroxyl groups is 2. The fourth-order valence-electron chi connectivity index (χ4n) is 5.53. The van der Waals surface area contributed by atoms with Gasteiger partial charge in [-0.15, -0.1) is 0 Å². The van der Waals surface area contributed by atoms with Gasteiger partial charge in [0.05, 0.1) is 0 Å². The maximum Gasteiger partial charge on any atom is 0.347 e. The molecule has 0 aliphatic rings. The van der Waals surface area contributed by atoms with Crippen molar-refractivity contribution in [3.8, 4) is 17.2 Å². The summed E-state index contributed by atoms with van der Waals surface area (Å²) >= 11 is 0. The molecular weight excluding hydrogens is 508 g/mol. The number of unbranched alkanes of at least 4 members (excludes halogenated alkanes) is 18. The van der Waals surface area contributed by atoms with Gasteiger partial charge in [0.15, 0.2) is 11.5 Å². The van der Waals surface area contributed by atoms with Crippen LogP contribution in [0.3, 0.4) is 0 Å². The predicted molar refractivity (Wildman–Crippen MR) is 172 cm³/mol. The van der Waals surface area contributed by atoms with Crippen molar-refractivity contribution in [3.05, 3.63) is 53.1 Å². The van der Waals surface area contributed by atoms with E-state index in [-0.39, 0.29) is 22.8 Å². The molecule has 2 N–H and O–H groups in total. The van der Waals surface area contributed by atoms with Crippen LogP contribution in [0.5, 0.6) is 17.2 Å². The highest BCUT2D eigenvalue weighted by Crippen LogP contribution is 2.32. The second-order valence-electron chi connectivity index (χ2n) is 11.9. The number of hydrogen-bond acceptors (Lipinski definition) is 4. The number of ether oxygens (including phenoxy) is 1. The van der Waals surface area contributed by atoms with E-state index in [1.807, 2.05) is 18.2 Å². The number of phenolic OH excluding ortho intramolecular Hbond substituents is 2. The zero-order chi connectivity index (χ0) is 29.5. The summed E-state index contributed by atoms with van der Waals surface area (Å²) in [6.07, 6.45) is 27.1. The number of hydrogen-bond donors (Lipinski definition) is 2. The molecule has 0 spiro atoms. The first-order valence-corrected chi connectivity index (χ1v) is 16.9. The third-order valence-electron chi connectivity index (χ3n) is 8.18. The number of rotatable bonds is 24. The minimum Gasteiger partial charge on any atom is -0.507 e. The van der Waals surface area contributed by atoms with Crippen LogP contribution in [0.15, 0.2) is 36.4 Å². The van der Waals surface area contributed by atoms with Crippen molar-refractivity contribution < 1.29 is 19.7 Å². The van der Waals surface area contributed by atoms with Crippen molar-refractivity contribution >= 4 is 5.97 Å². The van der Waals surface area contributed by atoms with Crippen molar-refractivity contribution in [2.24, 2.45) is 0 Å². The van der Waals surface area contributed by atoms with Gasteiger partial charge in [0, 0.05) is 0 Å². The first-order chi connectivity index (χ1) is 20.1. The molecule has 0 saturated carbocycles. The lowest BCUT2D eigenvalue weighted by Crippen LogP contribution is -2.10. The third-order valence-corrected chi connectivity index (χ3v) is 8.18. The van der Waals surface area contributed by atoms with Crippen LogP contribution in [-0.4, -0.2) is 16.2 Å². The monoisotopic (exact) mass is 566 g/mol. The first-order valence-electron chi connectivity index (χ1n) is 16.9. The molecule has 0 bridgehead atoms. The quantitative estimate of drug-likeness (QED) is 0.0753. The number of phenols is 2. The summed E-state index contributed by atoms with van der Waals surface area (Å²) in [4.78, 5) is 12.9. The van der Waals surface area contributed by atoms with Gasteiger partial charge in [-0.25, -0.2) is 4.79 Å². The summed E-state index contributed by atoms with van der Waals surface area (Å²) in [5.41, 5.74) is 1.97. The Hall–Kier alpha value is -2.49. The largest absolute Gasteiger partial charge is 0.507 e. The summed E-state index contributed by atoms with van der Waals surface area (Å²) in [6.45, 7) is 4.50. The van der Waals surface area contributed by atoms with E-state index in [9.17, 15) is 15.0 Å². The molecule has 41 heavy (non-hydrogen) atoms. The lowest BCUT2D eigenvalue weighted by molar-refractivity contribution is 0.0726. The smallest absolute Gasteiger partial charge is 0.347 e. The van der Waals surface area contributed by atoms with E-state index in [2.05, 4.69) is 13.8 Å². The Balaban J connectivity index is 1.74. The van der Waals surface area contributed by atoms with Crippen LogP contribution >= 0.6 is 0 Å². The summed E-state index contributed by atoms with van der Waals surface area (Å²) in [6, 6.07) is 10.5. The average molecular weight is 567 g/mol. The summed E-state index contributed by atoms with van der Waals surface area (Å²) in [7, 11) is 0. The molecule has 0 atom stereocenters. The molecule has 230 valence electrons. The Bertz CT molecular complexity index is 967. The summed E-state index contributed by atoms with van der Waals surface area (Å²) < 4.78 is 5.56. The van der Waals surface area contributed by atoms with Crippen molar-refractivity contribution in [2.75, 3.05) is 0 Å². The van der Waals surface area contributed by atoms with Crippen LogP contribution in [0.25, 0.3) is 0 Å². The van der Waals surface area contributed by atoms with Gasteiger partial charge >= 0.3 is 5.97 Å². The molecular formula is C37H58O4. The van der Waals surface area contributed by atoms with Gasteiger partial charge in [0.1, 0.15) is 11.3 Å². The Morgan fingerprint density at radius 3 is 1.63 bits per heavy atom. The van der Waals surface area contributed by atoms with Gasteiger partial charge in [-0.2, -0.15) is 0 Å². The van der Waals surface area contributed by atoms with Crippen molar-refractivity contribution in [1.82, 2.24) is 0 Å². The fourth-order valence-corrected chi connectivity index (χ4v) is 5.53. The van der Waals surface area contributed by atoms with Gasteiger partial charge in [-0.3, -0.25) is 0 Å². The van der Waals surface area contributed by atoms with E-state index in [0.29, 0.717) is 0 Å². The molecule has 2 aromatic carbocycles. The maximum atomic E-state index is 12.9. The van der Waals surface area contributed by atoms with Crippen LogP contribution < -0.4 is 4.74 Å². The van der Waals surface area contributed by atoms with Crippen LogP contribution in [0.1, 0.15) is 164 Å². The zero-order valence-electron chi connectivity index (χ0n) is 26.2. The Labute approximate surface area is 250 Å². The number of carbonyl (C=O) groups is 1. The number of aryl methyl sites for hydroxylation is 2. The number of esters is 1. The topological polar surface area (TPSA) is 66.8 Å². The third kappa shape index (κ3) is 14.8. The summed E-state index contributed by atoms with van der Waals surface area (Å²) in [5, 5.41) is 21.1. The van der Waals surface area contributed by atoms with Crippen molar-refractivity contribution in [3.63, 3.8) is 0 Å².